The molecular weight excluding hydrogens is 240 g/mol. The molecule has 2 saturated carbocycles. The number of rotatable bonds is 6. The average Bonchev–Trinajstić information content (AvgIpc) is 3.15. The Morgan fingerprint density at radius 3 is 2.53 bits per heavy atom. The third-order valence-corrected chi connectivity index (χ3v) is 5.01. The van der Waals surface area contributed by atoms with Gasteiger partial charge in [-0.3, -0.25) is 4.79 Å². The van der Waals surface area contributed by atoms with Gasteiger partial charge in [-0.05, 0) is 50.5 Å². The maximum Gasteiger partial charge on any atom is 0.307 e. The van der Waals surface area contributed by atoms with Gasteiger partial charge in [0, 0.05) is 25.7 Å². The molecule has 2 aliphatic carbocycles. The van der Waals surface area contributed by atoms with Crippen LogP contribution in [-0.4, -0.2) is 48.2 Å². The topological polar surface area (TPSA) is 52.6 Å². The van der Waals surface area contributed by atoms with E-state index in [1.54, 1.807) is 0 Å². The summed E-state index contributed by atoms with van der Waals surface area (Å²) < 4.78 is 0. The summed E-state index contributed by atoms with van der Waals surface area (Å²) in [5, 5.41) is 12.9. The van der Waals surface area contributed by atoms with Crippen LogP contribution in [0.1, 0.15) is 38.5 Å². The van der Waals surface area contributed by atoms with Crippen LogP contribution in [0.4, 0.5) is 0 Å². The van der Waals surface area contributed by atoms with Crippen LogP contribution in [0.25, 0.3) is 0 Å². The average molecular weight is 266 g/mol. The molecule has 4 nitrogen and oxygen atoms in total. The van der Waals surface area contributed by atoms with Crippen molar-refractivity contribution in [2.75, 3.05) is 26.2 Å². The third-order valence-electron chi connectivity index (χ3n) is 5.01. The molecule has 3 rings (SSSR count). The van der Waals surface area contributed by atoms with E-state index in [-0.39, 0.29) is 5.92 Å². The minimum atomic E-state index is -0.614. The number of carboxylic acids is 1. The second-order valence-electron chi connectivity index (χ2n) is 6.83. The van der Waals surface area contributed by atoms with Crippen molar-refractivity contribution in [1.82, 2.24) is 10.2 Å². The summed E-state index contributed by atoms with van der Waals surface area (Å²) in [5.41, 5.74) is 0. The first-order valence-electron chi connectivity index (χ1n) is 7.89. The number of carbonyl (C=O) groups is 1. The van der Waals surface area contributed by atoms with Crippen molar-refractivity contribution in [2.24, 2.45) is 17.8 Å². The van der Waals surface area contributed by atoms with Crippen LogP contribution in [0, 0.1) is 17.8 Å². The fourth-order valence-corrected chi connectivity index (χ4v) is 3.36. The van der Waals surface area contributed by atoms with Gasteiger partial charge in [0.1, 0.15) is 0 Å². The zero-order valence-corrected chi connectivity index (χ0v) is 11.7. The molecule has 19 heavy (non-hydrogen) atoms. The van der Waals surface area contributed by atoms with Crippen molar-refractivity contribution < 1.29 is 9.90 Å². The smallest absolute Gasteiger partial charge is 0.307 e. The fourth-order valence-electron chi connectivity index (χ4n) is 3.36. The molecule has 0 aromatic rings. The van der Waals surface area contributed by atoms with E-state index in [1.165, 1.54) is 32.1 Å². The maximum atomic E-state index is 11.3. The number of piperidine rings is 1. The molecule has 1 saturated heterocycles. The molecule has 1 heterocycles. The Hall–Kier alpha value is -0.610. The number of hydrogen-bond donors (Lipinski definition) is 2. The lowest BCUT2D eigenvalue weighted by atomic mass is 9.84. The van der Waals surface area contributed by atoms with Crippen LogP contribution >= 0.6 is 0 Å². The van der Waals surface area contributed by atoms with Crippen molar-refractivity contribution in [3.63, 3.8) is 0 Å². The second kappa shape index (κ2) is 5.80. The number of nitrogens with zero attached hydrogens (tertiary/aromatic N) is 1. The van der Waals surface area contributed by atoms with Crippen LogP contribution in [0.5, 0.6) is 0 Å². The molecule has 3 fully saturated rings. The van der Waals surface area contributed by atoms with Crippen molar-refractivity contribution in [2.45, 2.75) is 44.6 Å². The van der Waals surface area contributed by atoms with Gasteiger partial charge in [-0.1, -0.05) is 6.42 Å². The summed E-state index contributed by atoms with van der Waals surface area (Å²) in [6.45, 7) is 4.01. The van der Waals surface area contributed by atoms with Gasteiger partial charge >= 0.3 is 5.97 Å². The van der Waals surface area contributed by atoms with Crippen LogP contribution in [0.3, 0.4) is 0 Å². The van der Waals surface area contributed by atoms with E-state index in [1.807, 2.05) is 0 Å². The molecule has 4 heteroatoms. The molecule has 3 aliphatic rings. The molecule has 0 bridgehead atoms. The molecule has 2 unspecified atom stereocenters. The van der Waals surface area contributed by atoms with Gasteiger partial charge in [-0.15, -0.1) is 0 Å². The van der Waals surface area contributed by atoms with Gasteiger partial charge in [-0.25, -0.2) is 0 Å². The Balaban J connectivity index is 1.51. The summed E-state index contributed by atoms with van der Waals surface area (Å²) in [4.78, 5) is 13.7. The number of nitrogens with one attached hydrogen (secondary N) is 1. The zero-order valence-electron chi connectivity index (χ0n) is 11.7. The lowest BCUT2D eigenvalue weighted by Crippen LogP contribution is -2.52. The molecule has 0 amide bonds. The Bertz CT molecular complexity index is 326. The number of hydrogen-bond acceptors (Lipinski definition) is 3. The van der Waals surface area contributed by atoms with Crippen LogP contribution < -0.4 is 5.32 Å². The first-order valence-corrected chi connectivity index (χ1v) is 7.89. The van der Waals surface area contributed by atoms with Crippen molar-refractivity contribution in [1.29, 1.82) is 0 Å². The van der Waals surface area contributed by atoms with E-state index in [0.29, 0.717) is 6.04 Å². The number of likely N-dealkylation sites (tertiary alicyclic amines) is 1. The highest BCUT2D eigenvalue weighted by Gasteiger charge is 2.34. The van der Waals surface area contributed by atoms with E-state index in [9.17, 15) is 9.90 Å². The standard InChI is InChI=1S/C15H26N2O2/c18-15(19)13-6-14(16-7-11-4-5-11)10-17(9-13)8-12-2-1-3-12/h11-14,16H,1-10H2,(H,18,19). The Morgan fingerprint density at radius 1 is 1.16 bits per heavy atom. The molecule has 0 aromatic carbocycles. The van der Waals surface area contributed by atoms with Crippen LogP contribution in [-0.2, 0) is 4.79 Å². The Morgan fingerprint density at radius 2 is 1.95 bits per heavy atom. The van der Waals surface area contributed by atoms with Gasteiger partial charge < -0.3 is 15.3 Å². The number of carboxylic acid groups (broad SMARTS) is 1. The first-order chi connectivity index (χ1) is 9.20. The van der Waals surface area contributed by atoms with Crippen LogP contribution in [0.15, 0.2) is 0 Å². The van der Waals surface area contributed by atoms with Gasteiger partial charge in [-0.2, -0.15) is 0 Å². The SMILES string of the molecule is O=C(O)C1CC(NCC2CC2)CN(CC2CCC2)C1. The molecule has 108 valence electrons. The highest BCUT2D eigenvalue weighted by Crippen LogP contribution is 2.30. The molecular formula is C15H26N2O2. The summed E-state index contributed by atoms with van der Waals surface area (Å²) >= 11 is 0. The number of aliphatic carboxylic acids is 1. The van der Waals surface area contributed by atoms with Crippen molar-refractivity contribution in [3.05, 3.63) is 0 Å². The zero-order chi connectivity index (χ0) is 13.2. The molecule has 0 radical (unpaired) electrons. The van der Waals surface area contributed by atoms with E-state index in [2.05, 4.69) is 10.2 Å². The predicted molar refractivity (Wildman–Crippen MR) is 74.0 cm³/mol. The monoisotopic (exact) mass is 266 g/mol. The predicted octanol–water partition coefficient (Wildman–Crippen LogP) is 1.56. The van der Waals surface area contributed by atoms with E-state index >= 15 is 0 Å². The normalized spacial score (nSPS) is 33.1. The molecule has 0 spiro atoms. The molecule has 0 aromatic heterocycles. The van der Waals surface area contributed by atoms with E-state index in [0.717, 1.165) is 44.4 Å². The second-order valence-corrected chi connectivity index (χ2v) is 6.83. The Labute approximate surface area is 115 Å². The minimum Gasteiger partial charge on any atom is -0.481 e. The van der Waals surface area contributed by atoms with E-state index in [4.69, 9.17) is 0 Å². The summed E-state index contributed by atoms with van der Waals surface area (Å²) in [6, 6.07) is 0.385. The molecule has 2 N–H and O–H groups in total. The summed E-state index contributed by atoms with van der Waals surface area (Å²) in [6.07, 6.45) is 7.57. The quantitative estimate of drug-likeness (QED) is 0.766. The van der Waals surface area contributed by atoms with Gasteiger partial charge in [0.2, 0.25) is 0 Å². The van der Waals surface area contributed by atoms with E-state index < -0.39 is 5.97 Å². The largest absolute Gasteiger partial charge is 0.481 e. The highest BCUT2D eigenvalue weighted by molar-refractivity contribution is 5.70. The fraction of sp³-hybridized carbons (Fsp3) is 0.933. The molecule has 2 atom stereocenters. The third kappa shape index (κ3) is 3.69. The van der Waals surface area contributed by atoms with Crippen molar-refractivity contribution >= 4 is 5.97 Å². The summed E-state index contributed by atoms with van der Waals surface area (Å²) in [7, 11) is 0. The first kappa shape index (κ1) is 13.4. The lowest BCUT2D eigenvalue weighted by Gasteiger charge is -2.40. The van der Waals surface area contributed by atoms with Crippen LogP contribution in [0.2, 0.25) is 0 Å². The Kier molecular flexibility index (Phi) is 4.08. The summed E-state index contributed by atoms with van der Waals surface area (Å²) in [5.74, 6) is 0.906. The van der Waals surface area contributed by atoms with Crippen molar-refractivity contribution in [3.8, 4) is 0 Å². The lowest BCUT2D eigenvalue weighted by molar-refractivity contribution is -0.144. The van der Waals surface area contributed by atoms with Gasteiger partial charge in [0.25, 0.3) is 0 Å². The van der Waals surface area contributed by atoms with Gasteiger partial charge in [0.15, 0.2) is 0 Å². The molecule has 1 aliphatic heterocycles. The highest BCUT2D eigenvalue weighted by atomic mass is 16.4. The van der Waals surface area contributed by atoms with Gasteiger partial charge in [0.05, 0.1) is 5.92 Å². The maximum absolute atomic E-state index is 11.3. The minimum absolute atomic E-state index is 0.175.